The number of hydrogen-bond acceptors (Lipinski definition) is 0. The summed E-state index contributed by atoms with van der Waals surface area (Å²) in [5.41, 5.74) is 2.99. The molecule has 0 aliphatic heterocycles. The van der Waals surface area contributed by atoms with Crippen molar-refractivity contribution in [2.45, 2.75) is 13.3 Å². The Balaban J connectivity index is 2.37. The van der Waals surface area contributed by atoms with Crippen LogP contribution >= 0.6 is 27.5 Å². The van der Waals surface area contributed by atoms with Gasteiger partial charge in [-0.05, 0) is 23.6 Å². The van der Waals surface area contributed by atoms with Gasteiger partial charge in [0.2, 0.25) is 0 Å². The van der Waals surface area contributed by atoms with E-state index in [2.05, 4.69) is 41.1 Å². The molecular formula is C10H10BrCl. The van der Waals surface area contributed by atoms with Gasteiger partial charge in [0.15, 0.2) is 0 Å². The molecule has 2 rings (SSSR count). The fourth-order valence-corrected chi connectivity index (χ4v) is 3.11. The van der Waals surface area contributed by atoms with Crippen LogP contribution in [0.2, 0.25) is 0 Å². The van der Waals surface area contributed by atoms with Crippen molar-refractivity contribution in [2.75, 3.05) is 5.33 Å². The minimum absolute atomic E-state index is 0.195. The first-order valence-corrected chi connectivity index (χ1v) is 5.50. The summed E-state index contributed by atoms with van der Waals surface area (Å²) in [5.74, 6) is 0. The van der Waals surface area contributed by atoms with Gasteiger partial charge in [0, 0.05) is 15.8 Å². The van der Waals surface area contributed by atoms with Crippen LogP contribution in [-0.4, -0.2) is 5.33 Å². The van der Waals surface area contributed by atoms with Crippen LogP contribution in [0.25, 0.3) is 0 Å². The van der Waals surface area contributed by atoms with Gasteiger partial charge in [-0.15, -0.1) is 0 Å². The lowest BCUT2D eigenvalue weighted by Crippen LogP contribution is -2.15. The zero-order valence-electron chi connectivity index (χ0n) is 6.90. The number of alkyl halides is 1. The van der Waals surface area contributed by atoms with Gasteiger partial charge in [-0.3, -0.25) is 0 Å². The summed E-state index contributed by atoms with van der Waals surface area (Å²) in [5, 5.41) is 1.93. The molecule has 0 saturated heterocycles. The molecule has 12 heavy (non-hydrogen) atoms. The van der Waals surface area contributed by atoms with E-state index in [-0.39, 0.29) is 5.41 Å². The normalized spacial score (nSPS) is 32.8. The minimum Gasteiger partial charge on any atom is -0.0891 e. The first-order valence-electron chi connectivity index (χ1n) is 4.00. The molecule has 2 aliphatic carbocycles. The predicted molar refractivity (Wildman–Crippen MR) is 56.6 cm³/mol. The second kappa shape index (κ2) is 2.74. The molecule has 0 spiro atoms. The van der Waals surface area contributed by atoms with E-state index >= 15 is 0 Å². The molecule has 0 bridgehead atoms. The summed E-state index contributed by atoms with van der Waals surface area (Å²) < 4.78 is 0. The van der Waals surface area contributed by atoms with Crippen molar-refractivity contribution in [3.8, 4) is 0 Å². The van der Waals surface area contributed by atoms with Crippen LogP contribution in [0.5, 0.6) is 0 Å². The van der Waals surface area contributed by atoms with E-state index in [9.17, 15) is 0 Å². The van der Waals surface area contributed by atoms with E-state index < -0.39 is 0 Å². The lowest BCUT2D eigenvalue weighted by molar-refractivity contribution is 0.527. The number of allylic oxidation sites excluding steroid dienone is 6. The van der Waals surface area contributed by atoms with Gasteiger partial charge in [-0.2, -0.15) is 0 Å². The standard InChI is InChI=1S/C10H10BrCl/c1-10-5-9(12)4-7(10)2-3-8(10)6-11/h2-4H,5-6H2,1H3. The van der Waals surface area contributed by atoms with Gasteiger partial charge in [-0.1, -0.05) is 46.6 Å². The maximum atomic E-state index is 6.00. The Bertz CT molecular complexity index is 312. The molecule has 0 radical (unpaired) electrons. The van der Waals surface area contributed by atoms with E-state index in [1.807, 2.05) is 0 Å². The molecule has 0 saturated carbocycles. The predicted octanol–water partition coefficient (Wildman–Crippen LogP) is 3.78. The van der Waals surface area contributed by atoms with Gasteiger partial charge >= 0.3 is 0 Å². The van der Waals surface area contributed by atoms with Crippen molar-refractivity contribution < 1.29 is 0 Å². The Morgan fingerprint density at radius 3 is 3.00 bits per heavy atom. The number of fused-ring (bicyclic) bond motifs is 1. The average Bonchev–Trinajstić information content (AvgIpc) is 2.41. The van der Waals surface area contributed by atoms with Crippen molar-refractivity contribution in [1.82, 2.24) is 0 Å². The highest BCUT2D eigenvalue weighted by molar-refractivity contribution is 9.09. The van der Waals surface area contributed by atoms with Crippen LogP contribution in [0.3, 0.4) is 0 Å². The molecule has 0 fully saturated rings. The van der Waals surface area contributed by atoms with E-state index in [0.29, 0.717) is 0 Å². The lowest BCUT2D eigenvalue weighted by Gasteiger charge is -2.24. The zero-order valence-corrected chi connectivity index (χ0v) is 9.24. The number of rotatable bonds is 1. The quantitative estimate of drug-likeness (QED) is 0.617. The van der Waals surface area contributed by atoms with Crippen LogP contribution in [0.4, 0.5) is 0 Å². The van der Waals surface area contributed by atoms with Crippen molar-refractivity contribution >= 4 is 27.5 Å². The molecule has 1 unspecified atom stereocenters. The van der Waals surface area contributed by atoms with Crippen LogP contribution in [0.15, 0.2) is 34.4 Å². The molecule has 0 nitrogen and oxygen atoms in total. The first kappa shape index (κ1) is 8.58. The third-order valence-corrected chi connectivity index (χ3v) is 3.64. The summed E-state index contributed by atoms with van der Waals surface area (Å²) in [6.45, 7) is 2.25. The van der Waals surface area contributed by atoms with Crippen molar-refractivity contribution in [3.63, 3.8) is 0 Å². The van der Waals surface area contributed by atoms with Gasteiger partial charge in [0.05, 0.1) is 0 Å². The van der Waals surface area contributed by atoms with E-state index in [4.69, 9.17) is 11.6 Å². The highest BCUT2D eigenvalue weighted by atomic mass is 79.9. The first-order chi connectivity index (χ1) is 5.66. The second-order valence-electron chi connectivity index (χ2n) is 3.55. The molecule has 0 aromatic carbocycles. The largest absolute Gasteiger partial charge is 0.0891 e. The van der Waals surface area contributed by atoms with Gasteiger partial charge in [-0.25, -0.2) is 0 Å². The highest BCUT2D eigenvalue weighted by Gasteiger charge is 2.38. The molecule has 0 aromatic rings. The Kier molecular flexibility index (Phi) is 1.96. The van der Waals surface area contributed by atoms with E-state index in [1.165, 1.54) is 11.1 Å². The van der Waals surface area contributed by atoms with Gasteiger partial charge in [0.1, 0.15) is 0 Å². The summed E-state index contributed by atoms with van der Waals surface area (Å²) in [6, 6.07) is 0. The topological polar surface area (TPSA) is 0 Å². The fraction of sp³-hybridized carbons (Fsp3) is 0.400. The van der Waals surface area contributed by atoms with Crippen LogP contribution in [0.1, 0.15) is 13.3 Å². The SMILES string of the molecule is CC12CC(Cl)=CC1=CC=C2CBr. The number of halogens is 2. The highest BCUT2D eigenvalue weighted by Crippen LogP contribution is 2.51. The molecule has 0 amide bonds. The van der Waals surface area contributed by atoms with Gasteiger partial charge in [0.25, 0.3) is 0 Å². The summed E-state index contributed by atoms with van der Waals surface area (Å²) in [7, 11) is 0. The van der Waals surface area contributed by atoms with E-state index in [1.54, 1.807) is 0 Å². The molecule has 2 aliphatic rings. The van der Waals surface area contributed by atoms with Crippen molar-refractivity contribution in [1.29, 1.82) is 0 Å². The maximum absolute atomic E-state index is 6.00. The number of hydrogen-bond donors (Lipinski definition) is 0. The minimum atomic E-state index is 0.195. The Hall–Kier alpha value is -0.0100. The Morgan fingerprint density at radius 2 is 2.33 bits per heavy atom. The Labute approximate surface area is 86.1 Å². The van der Waals surface area contributed by atoms with Crippen molar-refractivity contribution in [2.24, 2.45) is 5.41 Å². The smallest absolute Gasteiger partial charge is 0.0253 e. The lowest BCUT2D eigenvalue weighted by atomic mass is 9.81. The fourth-order valence-electron chi connectivity index (χ4n) is 1.92. The average molecular weight is 246 g/mol. The summed E-state index contributed by atoms with van der Waals surface area (Å²) in [6.07, 6.45) is 7.43. The maximum Gasteiger partial charge on any atom is 0.0253 e. The summed E-state index contributed by atoms with van der Waals surface area (Å²) >= 11 is 9.50. The molecule has 0 heterocycles. The second-order valence-corrected chi connectivity index (χ2v) is 4.59. The van der Waals surface area contributed by atoms with Crippen LogP contribution in [-0.2, 0) is 0 Å². The third-order valence-electron chi connectivity index (χ3n) is 2.79. The Morgan fingerprint density at radius 1 is 1.58 bits per heavy atom. The molecule has 64 valence electrons. The zero-order chi connectivity index (χ0) is 8.77. The third kappa shape index (κ3) is 1.03. The molecule has 2 heteroatoms. The van der Waals surface area contributed by atoms with Crippen LogP contribution in [0, 0.1) is 5.41 Å². The van der Waals surface area contributed by atoms with Crippen molar-refractivity contribution in [3.05, 3.63) is 34.4 Å². The van der Waals surface area contributed by atoms with Gasteiger partial charge < -0.3 is 0 Å². The molecule has 0 aromatic heterocycles. The van der Waals surface area contributed by atoms with Crippen LogP contribution < -0.4 is 0 Å². The molecular weight excluding hydrogens is 235 g/mol. The molecule has 0 N–H and O–H groups in total. The van der Waals surface area contributed by atoms with E-state index in [0.717, 1.165) is 16.8 Å². The monoisotopic (exact) mass is 244 g/mol. The summed E-state index contributed by atoms with van der Waals surface area (Å²) in [4.78, 5) is 0. The molecule has 1 atom stereocenters.